The van der Waals surface area contributed by atoms with Crippen molar-refractivity contribution in [2.24, 2.45) is 12.8 Å². The van der Waals surface area contributed by atoms with Gasteiger partial charge in [0.2, 0.25) is 0 Å². The van der Waals surface area contributed by atoms with Gasteiger partial charge in [-0.3, -0.25) is 0 Å². The normalized spacial score (nSPS) is 10.7. The van der Waals surface area contributed by atoms with Gasteiger partial charge in [0.15, 0.2) is 5.16 Å². The third-order valence-corrected chi connectivity index (χ3v) is 3.47. The first kappa shape index (κ1) is 11.2. The minimum atomic E-state index is 0.577. The van der Waals surface area contributed by atoms with E-state index in [1.807, 2.05) is 30.7 Å². The highest BCUT2D eigenvalue weighted by Crippen LogP contribution is 2.25. The molecule has 0 aliphatic rings. The van der Waals surface area contributed by atoms with Gasteiger partial charge < -0.3 is 10.3 Å². The van der Waals surface area contributed by atoms with Crippen LogP contribution in [-0.2, 0) is 13.6 Å². The Labute approximate surface area is 98.9 Å². The number of hydrogen-bond donors (Lipinski definition) is 1. The van der Waals surface area contributed by atoms with E-state index in [1.165, 1.54) is 0 Å². The van der Waals surface area contributed by atoms with E-state index in [0.717, 1.165) is 21.4 Å². The molecule has 0 fully saturated rings. The van der Waals surface area contributed by atoms with Crippen LogP contribution in [0.25, 0.3) is 0 Å². The molecular formula is C11H14N4S. The highest BCUT2D eigenvalue weighted by Gasteiger charge is 2.06. The van der Waals surface area contributed by atoms with E-state index >= 15 is 0 Å². The largest absolute Gasteiger partial charge is 0.326 e. The number of benzene rings is 1. The minimum absolute atomic E-state index is 0.577. The van der Waals surface area contributed by atoms with Crippen LogP contribution in [0.4, 0.5) is 0 Å². The third-order valence-electron chi connectivity index (χ3n) is 2.42. The molecule has 2 rings (SSSR count). The average molecular weight is 234 g/mol. The van der Waals surface area contributed by atoms with Gasteiger partial charge in [0.05, 0.1) is 0 Å². The summed E-state index contributed by atoms with van der Waals surface area (Å²) in [4.78, 5) is 1.15. The second kappa shape index (κ2) is 4.67. The van der Waals surface area contributed by atoms with E-state index in [0.29, 0.717) is 6.54 Å². The molecule has 2 N–H and O–H groups in total. The van der Waals surface area contributed by atoms with Gasteiger partial charge in [0.1, 0.15) is 5.82 Å². The summed E-state index contributed by atoms with van der Waals surface area (Å²) in [6, 6.07) is 8.17. The first-order valence-electron chi connectivity index (χ1n) is 5.03. The quantitative estimate of drug-likeness (QED) is 0.878. The molecule has 0 atom stereocenters. The molecule has 0 amide bonds. The topological polar surface area (TPSA) is 56.7 Å². The van der Waals surface area contributed by atoms with Gasteiger partial charge >= 0.3 is 0 Å². The first-order valence-corrected chi connectivity index (χ1v) is 5.85. The molecule has 0 aliphatic heterocycles. The molecule has 4 nitrogen and oxygen atoms in total. The van der Waals surface area contributed by atoms with Crippen LogP contribution in [0.2, 0.25) is 0 Å². The molecule has 0 saturated heterocycles. The molecule has 2 aromatic rings. The van der Waals surface area contributed by atoms with Crippen LogP contribution in [-0.4, -0.2) is 14.8 Å². The number of nitrogens with two attached hydrogens (primary N) is 1. The molecule has 0 bridgehead atoms. The van der Waals surface area contributed by atoms with Crippen LogP contribution in [0.5, 0.6) is 0 Å². The molecule has 0 unspecified atom stereocenters. The predicted octanol–water partition coefficient (Wildman–Crippen LogP) is 1.73. The highest BCUT2D eigenvalue weighted by molar-refractivity contribution is 7.99. The molecule has 0 radical (unpaired) electrons. The highest BCUT2D eigenvalue weighted by atomic mass is 32.2. The van der Waals surface area contributed by atoms with Crippen molar-refractivity contribution in [2.45, 2.75) is 23.5 Å². The fourth-order valence-electron chi connectivity index (χ4n) is 1.28. The Morgan fingerprint density at radius 1 is 1.25 bits per heavy atom. The van der Waals surface area contributed by atoms with Gasteiger partial charge in [-0.05, 0) is 36.4 Å². The second-order valence-corrected chi connectivity index (χ2v) is 4.58. The predicted molar refractivity (Wildman–Crippen MR) is 64.2 cm³/mol. The Morgan fingerprint density at radius 3 is 2.44 bits per heavy atom. The summed E-state index contributed by atoms with van der Waals surface area (Å²) in [6.45, 7) is 2.52. The fraction of sp³-hybridized carbons (Fsp3) is 0.273. The Morgan fingerprint density at radius 2 is 1.94 bits per heavy atom. The smallest absolute Gasteiger partial charge is 0.195 e. The number of rotatable bonds is 3. The Hall–Kier alpha value is -1.33. The lowest BCUT2D eigenvalue weighted by Gasteiger charge is -2.02. The molecular weight excluding hydrogens is 220 g/mol. The maximum Gasteiger partial charge on any atom is 0.195 e. The van der Waals surface area contributed by atoms with Gasteiger partial charge in [-0.25, -0.2) is 0 Å². The monoisotopic (exact) mass is 234 g/mol. The van der Waals surface area contributed by atoms with Gasteiger partial charge in [-0.1, -0.05) is 12.1 Å². The molecule has 84 valence electrons. The first-order chi connectivity index (χ1) is 7.70. The number of nitrogens with zero attached hydrogens (tertiary/aromatic N) is 3. The zero-order valence-corrected chi connectivity index (χ0v) is 10.2. The second-order valence-electron chi connectivity index (χ2n) is 3.54. The van der Waals surface area contributed by atoms with Crippen molar-refractivity contribution in [2.75, 3.05) is 0 Å². The van der Waals surface area contributed by atoms with Crippen LogP contribution in [0.15, 0.2) is 34.3 Å². The van der Waals surface area contributed by atoms with Crippen molar-refractivity contribution in [1.82, 2.24) is 14.8 Å². The summed E-state index contributed by atoms with van der Waals surface area (Å²) in [5.41, 5.74) is 6.68. The molecule has 1 heterocycles. The van der Waals surface area contributed by atoms with E-state index < -0.39 is 0 Å². The fourth-order valence-corrected chi connectivity index (χ4v) is 2.11. The Bertz CT molecular complexity index is 475. The van der Waals surface area contributed by atoms with Gasteiger partial charge in [0, 0.05) is 18.5 Å². The summed E-state index contributed by atoms with van der Waals surface area (Å²) in [5.74, 6) is 0.918. The number of hydrogen-bond acceptors (Lipinski definition) is 4. The van der Waals surface area contributed by atoms with Crippen molar-refractivity contribution < 1.29 is 0 Å². The van der Waals surface area contributed by atoms with Gasteiger partial charge in [-0.15, -0.1) is 10.2 Å². The van der Waals surface area contributed by atoms with Crippen molar-refractivity contribution in [3.8, 4) is 0 Å². The lowest BCUT2D eigenvalue weighted by Crippen LogP contribution is -1.95. The van der Waals surface area contributed by atoms with Crippen LogP contribution < -0.4 is 5.73 Å². The standard InChI is InChI=1S/C11H14N4S/c1-8-13-14-11(15(8)2)16-10-5-3-9(7-12)4-6-10/h3-6H,7,12H2,1-2H3. The molecule has 1 aromatic heterocycles. The Kier molecular flexibility index (Phi) is 3.26. The maximum atomic E-state index is 5.55. The summed E-state index contributed by atoms with van der Waals surface area (Å²) in [5, 5.41) is 9.02. The van der Waals surface area contributed by atoms with Crippen molar-refractivity contribution in [1.29, 1.82) is 0 Å². The summed E-state index contributed by atoms with van der Waals surface area (Å²) in [6.07, 6.45) is 0. The third kappa shape index (κ3) is 2.25. The van der Waals surface area contributed by atoms with Gasteiger partial charge in [-0.2, -0.15) is 0 Å². The van der Waals surface area contributed by atoms with E-state index in [2.05, 4.69) is 22.3 Å². The molecule has 1 aromatic carbocycles. The minimum Gasteiger partial charge on any atom is -0.326 e. The lowest BCUT2D eigenvalue weighted by molar-refractivity contribution is 0.765. The van der Waals surface area contributed by atoms with Crippen LogP contribution in [0, 0.1) is 6.92 Å². The van der Waals surface area contributed by atoms with E-state index in [1.54, 1.807) is 11.8 Å². The summed E-state index contributed by atoms with van der Waals surface area (Å²) >= 11 is 1.60. The van der Waals surface area contributed by atoms with E-state index in [9.17, 15) is 0 Å². The molecule has 5 heteroatoms. The number of aromatic nitrogens is 3. The van der Waals surface area contributed by atoms with Crippen molar-refractivity contribution >= 4 is 11.8 Å². The molecule has 0 saturated carbocycles. The summed E-state index contributed by atoms with van der Waals surface area (Å²) in [7, 11) is 1.96. The SMILES string of the molecule is Cc1nnc(Sc2ccc(CN)cc2)n1C. The van der Waals surface area contributed by atoms with Gasteiger partial charge in [0.25, 0.3) is 0 Å². The van der Waals surface area contributed by atoms with Crippen LogP contribution in [0.3, 0.4) is 0 Å². The van der Waals surface area contributed by atoms with Crippen LogP contribution in [0.1, 0.15) is 11.4 Å². The maximum absolute atomic E-state index is 5.55. The van der Waals surface area contributed by atoms with Crippen molar-refractivity contribution in [3.63, 3.8) is 0 Å². The van der Waals surface area contributed by atoms with E-state index in [-0.39, 0.29) is 0 Å². The van der Waals surface area contributed by atoms with E-state index in [4.69, 9.17) is 5.73 Å². The molecule has 0 aliphatic carbocycles. The van der Waals surface area contributed by atoms with Crippen LogP contribution >= 0.6 is 11.8 Å². The zero-order valence-electron chi connectivity index (χ0n) is 9.34. The lowest BCUT2D eigenvalue weighted by atomic mass is 10.2. The molecule has 16 heavy (non-hydrogen) atoms. The number of aryl methyl sites for hydroxylation is 1. The molecule has 0 spiro atoms. The Balaban J connectivity index is 2.17. The average Bonchev–Trinajstić information content (AvgIpc) is 2.62. The van der Waals surface area contributed by atoms with Crippen molar-refractivity contribution in [3.05, 3.63) is 35.7 Å². The zero-order chi connectivity index (χ0) is 11.5. The summed E-state index contributed by atoms with van der Waals surface area (Å²) < 4.78 is 1.97.